The molecule has 4 rings (SSSR count). The lowest BCUT2D eigenvalue weighted by atomic mass is 9.71. The Balaban J connectivity index is 1.47. The monoisotopic (exact) mass is 490 g/mol. The molecule has 2 fully saturated rings. The van der Waals surface area contributed by atoms with Crippen molar-refractivity contribution in [3.05, 3.63) is 59.4 Å². The number of halogens is 4. The summed E-state index contributed by atoms with van der Waals surface area (Å²) in [5.41, 5.74) is -0.616. The van der Waals surface area contributed by atoms with Crippen LogP contribution in [0.3, 0.4) is 0 Å². The van der Waals surface area contributed by atoms with Gasteiger partial charge in [0.25, 0.3) is 0 Å². The number of likely N-dealkylation sites (tertiary alicyclic amines) is 1. The molecule has 1 spiro atoms. The van der Waals surface area contributed by atoms with E-state index in [-0.39, 0.29) is 23.2 Å². The molecule has 10 heteroatoms. The minimum Gasteiger partial charge on any atom is -0.384 e. The molecule has 0 bridgehead atoms. The molecule has 2 aromatic carbocycles. The zero-order valence-electron chi connectivity index (χ0n) is 19.2. The molecule has 2 amide bonds. The fraction of sp³-hybridized carbons (Fsp3) is 0.440. The standard InChI is InChI=1S/C25H26F4N4O2/c1-35-15-18-14-33(23(34)31-20-5-3-19(26)4-6-20)16-24(18)8-10-32(11-9-24)21-7-2-17(13-30)22(12-21)25(27,28)29/h2-7,12,18H,8-11,14-16H2,1H3,(H,31,34). The minimum atomic E-state index is -4.61. The number of methoxy groups -OCH3 is 1. The van der Waals surface area contributed by atoms with E-state index in [9.17, 15) is 22.4 Å². The van der Waals surface area contributed by atoms with E-state index in [1.165, 1.54) is 30.3 Å². The van der Waals surface area contributed by atoms with Crippen molar-refractivity contribution in [2.45, 2.75) is 19.0 Å². The number of carbonyl (C=O) groups is 1. The van der Waals surface area contributed by atoms with Gasteiger partial charge in [-0.25, -0.2) is 9.18 Å². The smallest absolute Gasteiger partial charge is 0.384 e. The van der Waals surface area contributed by atoms with Gasteiger partial charge in [-0.3, -0.25) is 0 Å². The van der Waals surface area contributed by atoms with Crippen LogP contribution in [0.4, 0.5) is 33.7 Å². The number of ether oxygens (including phenoxy) is 1. The number of alkyl halides is 3. The van der Waals surface area contributed by atoms with Crippen LogP contribution >= 0.6 is 0 Å². The summed E-state index contributed by atoms with van der Waals surface area (Å²) in [7, 11) is 1.61. The lowest BCUT2D eigenvalue weighted by Gasteiger charge is -2.43. The molecule has 6 nitrogen and oxygen atoms in total. The molecule has 2 aliphatic rings. The highest BCUT2D eigenvalue weighted by molar-refractivity contribution is 5.89. The molecule has 35 heavy (non-hydrogen) atoms. The van der Waals surface area contributed by atoms with Gasteiger partial charge in [0.15, 0.2) is 0 Å². The number of nitriles is 1. The fourth-order valence-electron chi connectivity index (χ4n) is 5.19. The van der Waals surface area contributed by atoms with Crippen LogP contribution in [0.1, 0.15) is 24.0 Å². The Bertz CT molecular complexity index is 1110. The van der Waals surface area contributed by atoms with Crippen molar-refractivity contribution in [3.63, 3.8) is 0 Å². The first-order chi connectivity index (χ1) is 16.6. The zero-order chi connectivity index (χ0) is 25.2. The van der Waals surface area contributed by atoms with E-state index in [1.54, 1.807) is 24.1 Å². The molecular weight excluding hydrogens is 464 g/mol. The second-order valence-corrected chi connectivity index (χ2v) is 9.16. The van der Waals surface area contributed by atoms with E-state index < -0.39 is 17.3 Å². The summed E-state index contributed by atoms with van der Waals surface area (Å²) in [6, 6.07) is 10.7. The van der Waals surface area contributed by atoms with Gasteiger partial charge in [0.2, 0.25) is 0 Å². The van der Waals surface area contributed by atoms with E-state index >= 15 is 0 Å². The Morgan fingerprint density at radius 3 is 2.49 bits per heavy atom. The Labute approximate surface area is 201 Å². The van der Waals surface area contributed by atoms with Gasteiger partial charge in [-0.2, -0.15) is 18.4 Å². The van der Waals surface area contributed by atoms with Gasteiger partial charge in [-0.05, 0) is 60.7 Å². The maximum atomic E-state index is 13.4. The summed E-state index contributed by atoms with van der Waals surface area (Å²) in [5.74, 6) is -0.306. The number of nitrogens with zero attached hydrogens (tertiary/aromatic N) is 3. The highest BCUT2D eigenvalue weighted by Crippen LogP contribution is 2.46. The third-order valence-electron chi connectivity index (χ3n) is 7.12. The van der Waals surface area contributed by atoms with Crippen LogP contribution in [0, 0.1) is 28.5 Å². The van der Waals surface area contributed by atoms with Crippen molar-refractivity contribution in [1.29, 1.82) is 5.26 Å². The van der Waals surface area contributed by atoms with Crippen molar-refractivity contribution in [2.75, 3.05) is 50.1 Å². The van der Waals surface area contributed by atoms with E-state index in [1.807, 2.05) is 4.90 Å². The molecule has 2 aliphatic heterocycles. The van der Waals surface area contributed by atoms with Gasteiger partial charge < -0.3 is 19.9 Å². The maximum Gasteiger partial charge on any atom is 0.417 e. The number of hydrogen-bond acceptors (Lipinski definition) is 4. The second-order valence-electron chi connectivity index (χ2n) is 9.16. The summed E-state index contributed by atoms with van der Waals surface area (Å²) in [6.45, 7) is 2.52. The number of amides is 2. The quantitative estimate of drug-likeness (QED) is 0.605. The predicted molar refractivity (Wildman–Crippen MR) is 122 cm³/mol. The molecule has 1 N–H and O–H groups in total. The maximum absolute atomic E-state index is 13.4. The number of anilines is 2. The molecular formula is C25H26F4N4O2. The number of carbonyl (C=O) groups excluding carboxylic acids is 1. The highest BCUT2D eigenvalue weighted by atomic mass is 19.4. The molecule has 1 atom stereocenters. The largest absolute Gasteiger partial charge is 0.417 e. The van der Waals surface area contributed by atoms with Gasteiger partial charge in [0.05, 0.1) is 23.8 Å². The van der Waals surface area contributed by atoms with Gasteiger partial charge in [-0.15, -0.1) is 0 Å². The first-order valence-electron chi connectivity index (χ1n) is 11.3. The summed E-state index contributed by atoms with van der Waals surface area (Å²) < 4.78 is 58.8. The van der Waals surface area contributed by atoms with E-state index in [0.717, 1.165) is 6.07 Å². The molecule has 0 saturated carbocycles. The molecule has 0 radical (unpaired) electrons. The van der Waals surface area contributed by atoms with Crippen molar-refractivity contribution in [1.82, 2.24) is 4.90 Å². The van der Waals surface area contributed by atoms with Crippen LogP contribution in [-0.2, 0) is 10.9 Å². The van der Waals surface area contributed by atoms with E-state index in [2.05, 4.69) is 5.32 Å². The zero-order valence-corrected chi connectivity index (χ0v) is 19.2. The van der Waals surface area contributed by atoms with Crippen LogP contribution in [0.2, 0.25) is 0 Å². The summed E-state index contributed by atoms with van der Waals surface area (Å²) in [4.78, 5) is 16.5. The average Bonchev–Trinajstić information content (AvgIpc) is 3.18. The lowest BCUT2D eigenvalue weighted by Crippen LogP contribution is -2.45. The van der Waals surface area contributed by atoms with Gasteiger partial charge in [-0.1, -0.05) is 0 Å². The van der Waals surface area contributed by atoms with Gasteiger partial charge in [0.1, 0.15) is 5.82 Å². The van der Waals surface area contributed by atoms with E-state index in [0.29, 0.717) is 57.0 Å². The second kappa shape index (κ2) is 9.74. The van der Waals surface area contributed by atoms with Crippen molar-refractivity contribution in [3.8, 4) is 6.07 Å². The predicted octanol–water partition coefficient (Wildman–Crippen LogP) is 5.11. The normalized spacial score (nSPS) is 19.6. The molecule has 2 heterocycles. The molecule has 186 valence electrons. The lowest BCUT2D eigenvalue weighted by molar-refractivity contribution is -0.137. The fourth-order valence-corrected chi connectivity index (χ4v) is 5.19. The number of rotatable bonds is 4. The van der Waals surface area contributed by atoms with E-state index in [4.69, 9.17) is 10.00 Å². The topological polar surface area (TPSA) is 68.6 Å². The number of nitrogens with one attached hydrogen (secondary N) is 1. The molecule has 0 aliphatic carbocycles. The summed E-state index contributed by atoms with van der Waals surface area (Å²) in [5, 5.41) is 11.8. The van der Waals surface area contributed by atoms with Crippen LogP contribution in [0.5, 0.6) is 0 Å². The third kappa shape index (κ3) is 5.20. The SMILES string of the molecule is COCC1CN(C(=O)Nc2ccc(F)cc2)CC12CCN(c1ccc(C#N)c(C(F)(F)F)c1)CC2. The molecule has 0 aromatic heterocycles. The Hall–Kier alpha value is -3.32. The minimum absolute atomic E-state index is 0.0836. The first-order valence-corrected chi connectivity index (χ1v) is 11.3. The van der Waals surface area contributed by atoms with Gasteiger partial charge >= 0.3 is 12.2 Å². The first kappa shape index (κ1) is 24.8. The molecule has 1 unspecified atom stereocenters. The van der Waals surface area contributed by atoms with Crippen LogP contribution in [-0.4, -0.2) is 50.8 Å². The third-order valence-corrected chi connectivity index (χ3v) is 7.12. The Morgan fingerprint density at radius 1 is 1.20 bits per heavy atom. The van der Waals surface area contributed by atoms with Crippen LogP contribution < -0.4 is 10.2 Å². The Morgan fingerprint density at radius 2 is 1.89 bits per heavy atom. The highest BCUT2D eigenvalue weighted by Gasteiger charge is 2.49. The van der Waals surface area contributed by atoms with Gasteiger partial charge in [0, 0.05) is 50.6 Å². The van der Waals surface area contributed by atoms with Crippen LogP contribution in [0.15, 0.2) is 42.5 Å². The van der Waals surface area contributed by atoms with Crippen molar-refractivity contribution >= 4 is 17.4 Å². The average molecular weight is 491 g/mol. The summed E-state index contributed by atoms with van der Waals surface area (Å²) >= 11 is 0. The molecule has 2 saturated heterocycles. The van der Waals surface area contributed by atoms with Crippen LogP contribution in [0.25, 0.3) is 0 Å². The Kier molecular flexibility index (Phi) is 6.90. The number of hydrogen-bond donors (Lipinski definition) is 1. The number of benzene rings is 2. The summed E-state index contributed by atoms with van der Waals surface area (Å²) in [6.07, 6.45) is -3.24. The van der Waals surface area contributed by atoms with Crippen molar-refractivity contribution < 1.29 is 27.1 Å². The van der Waals surface area contributed by atoms with Crippen molar-refractivity contribution in [2.24, 2.45) is 11.3 Å². The number of piperidine rings is 1. The molecule has 2 aromatic rings. The number of urea groups is 1.